The van der Waals surface area contributed by atoms with Crippen LogP contribution in [-0.4, -0.2) is 70.7 Å². The topological polar surface area (TPSA) is 84.1 Å². The molecule has 1 N–H and O–H groups in total. The van der Waals surface area contributed by atoms with Crippen molar-refractivity contribution < 1.29 is 19.1 Å². The summed E-state index contributed by atoms with van der Waals surface area (Å²) in [4.78, 5) is 9.07. The molecule has 0 bridgehead atoms. The number of ether oxygens (including phenoxy) is 2. The number of aromatic nitrogens is 2. The van der Waals surface area contributed by atoms with Gasteiger partial charge in [0.25, 0.3) is 0 Å². The number of aliphatic hydroxyl groups is 1. The number of nitrogens with zero attached hydrogens (tertiary/aromatic N) is 4. The average molecular weight is 495 g/mol. The van der Waals surface area contributed by atoms with Gasteiger partial charge in [0.05, 0.1) is 28.9 Å². The van der Waals surface area contributed by atoms with Crippen LogP contribution in [0.25, 0.3) is 21.5 Å². The van der Waals surface area contributed by atoms with Gasteiger partial charge in [0.1, 0.15) is 23.3 Å². The molecule has 3 heterocycles. The molecule has 1 aliphatic rings. The lowest BCUT2D eigenvalue weighted by Crippen LogP contribution is -2.55. The molecule has 1 fully saturated rings. The number of para-hydroxylation sites is 1. The molecule has 2 aromatic carbocycles. The van der Waals surface area contributed by atoms with E-state index >= 15 is 0 Å². The molecule has 184 valence electrons. The maximum atomic E-state index is 10.5. The van der Waals surface area contributed by atoms with Crippen molar-refractivity contribution in [1.29, 1.82) is 0 Å². The number of thiazole rings is 1. The number of piperazine rings is 1. The third-order valence-corrected chi connectivity index (χ3v) is 7.18. The highest BCUT2D eigenvalue weighted by Gasteiger charge is 2.29. The molecular weight excluding hydrogens is 464 g/mol. The molecule has 0 spiro atoms. The van der Waals surface area contributed by atoms with Crippen LogP contribution in [-0.2, 0) is 6.54 Å². The van der Waals surface area contributed by atoms with Gasteiger partial charge in [-0.3, -0.25) is 9.80 Å². The van der Waals surface area contributed by atoms with E-state index in [0.29, 0.717) is 6.54 Å². The fourth-order valence-electron chi connectivity index (χ4n) is 4.48. The number of rotatable bonds is 8. The smallest absolute Gasteiger partial charge is 0.178 e. The van der Waals surface area contributed by atoms with Gasteiger partial charge in [-0.25, -0.2) is 4.98 Å². The zero-order valence-corrected chi connectivity index (χ0v) is 21.0. The van der Waals surface area contributed by atoms with Crippen LogP contribution in [0.2, 0.25) is 0 Å². The van der Waals surface area contributed by atoms with Gasteiger partial charge < -0.3 is 19.1 Å². The Kier molecular flexibility index (Phi) is 7.01. The molecule has 1 unspecified atom stereocenters. The third kappa shape index (κ3) is 5.33. The van der Waals surface area contributed by atoms with Crippen LogP contribution >= 0.6 is 11.3 Å². The Balaban J connectivity index is 1.20. The Hall–Kier alpha value is -2.98. The van der Waals surface area contributed by atoms with Crippen molar-refractivity contribution in [3.05, 3.63) is 59.3 Å². The summed E-state index contributed by atoms with van der Waals surface area (Å²) in [5.41, 5.74) is 2.61. The van der Waals surface area contributed by atoms with Crippen LogP contribution in [0.4, 0.5) is 0 Å². The van der Waals surface area contributed by atoms with E-state index in [-0.39, 0.29) is 0 Å². The van der Waals surface area contributed by atoms with Crippen molar-refractivity contribution in [2.75, 3.05) is 33.3 Å². The van der Waals surface area contributed by atoms with Crippen molar-refractivity contribution in [3.8, 4) is 22.8 Å². The van der Waals surface area contributed by atoms with E-state index in [2.05, 4.69) is 19.9 Å². The summed E-state index contributed by atoms with van der Waals surface area (Å²) in [6.07, 6.45) is -1.05. The van der Waals surface area contributed by atoms with Gasteiger partial charge >= 0.3 is 0 Å². The minimum Gasteiger partial charge on any atom is -0.496 e. The van der Waals surface area contributed by atoms with Gasteiger partial charge in [0, 0.05) is 43.9 Å². The number of methoxy groups -OCH3 is 1. The Labute approximate surface area is 208 Å². The molecule has 1 saturated heterocycles. The van der Waals surface area contributed by atoms with E-state index in [9.17, 15) is 5.11 Å². The molecule has 35 heavy (non-hydrogen) atoms. The minimum absolute atomic E-state index is 0.420. The summed E-state index contributed by atoms with van der Waals surface area (Å²) in [6.45, 7) is 7.68. The zero-order chi connectivity index (χ0) is 24.4. The molecule has 9 heteroatoms. The second kappa shape index (κ2) is 10.3. The third-order valence-electron chi connectivity index (χ3n) is 6.22. The predicted octanol–water partition coefficient (Wildman–Crippen LogP) is 4.17. The molecule has 0 saturated carbocycles. The normalized spacial score (nSPS) is 16.9. The van der Waals surface area contributed by atoms with Gasteiger partial charge in [-0.2, -0.15) is 0 Å². The maximum Gasteiger partial charge on any atom is 0.178 e. The molecule has 8 nitrogen and oxygen atoms in total. The van der Waals surface area contributed by atoms with Gasteiger partial charge in [-0.05, 0) is 38.1 Å². The lowest BCUT2D eigenvalue weighted by molar-refractivity contribution is -0.0756. The predicted molar refractivity (Wildman–Crippen MR) is 136 cm³/mol. The van der Waals surface area contributed by atoms with E-state index in [1.807, 2.05) is 55.5 Å². The summed E-state index contributed by atoms with van der Waals surface area (Å²) in [5, 5.41) is 15.7. The lowest BCUT2D eigenvalue weighted by atomic mass is 10.1. The number of hydrogen-bond acceptors (Lipinski definition) is 9. The molecule has 0 radical (unpaired) electrons. The van der Waals surface area contributed by atoms with E-state index in [1.54, 1.807) is 25.4 Å². The van der Waals surface area contributed by atoms with Crippen molar-refractivity contribution in [1.82, 2.24) is 19.9 Å². The molecule has 0 aliphatic carbocycles. The van der Waals surface area contributed by atoms with Crippen molar-refractivity contribution >= 4 is 21.6 Å². The highest BCUT2D eigenvalue weighted by molar-refractivity contribution is 7.18. The second-order valence-corrected chi connectivity index (χ2v) is 10.0. The van der Waals surface area contributed by atoms with E-state index < -0.39 is 12.3 Å². The number of hydrogen-bond donors (Lipinski definition) is 1. The van der Waals surface area contributed by atoms with E-state index in [0.717, 1.165) is 69.9 Å². The van der Waals surface area contributed by atoms with Gasteiger partial charge in [-0.15, -0.1) is 11.3 Å². The first kappa shape index (κ1) is 23.7. The van der Waals surface area contributed by atoms with Gasteiger partial charge in [0.2, 0.25) is 0 Å². The van der Waals surface area contributed by atoms with Crippen LogP contribution in [0, 0.1) is 6.92 Å². The Morgan fingerprint density at radius 2 is 1.91 bits per heavy atom. The quantitative estimate of drug-likeness (QED) is 0.391. The standard InChI is InChI=1S/C26H30N4O4S/c1-17(31)26(33-19-8-9-25-23(14-19)27-18(2)35-25)30-12-10-29(11-13-30)16-20-15-22(28-34-20)21-6-4-5-7-24(21)32-3/h4-9,14-15,17,26,31H,10-13,16H2,1-3H3/t17-,26?/m1/s1. The van der Waals surface area contributed by atoms with Crippen LogP contribution in [0.15, 0.2) is 53.1 Å². The molecule has 5 rings (SSSR count). The first-order valence-electron chi connectivity index (χ1n) is 11.8. The van der Waals surface area contributed by atoms with E-state index in [1.165, 1.54) is 0 Å². The Bertz CT molecular complexity index is 1280. The summed E-state index contributed by atoms with van der Waals surface area (Å²) < 4.78 is 18.4. The lowest BCUT2D eigenvalue weighted by Gasteiger charge is -2.39. The van der Waals surface area contributed by atoms with Crippen LogP contribution < -0.4 is 9.47 Å². The molecule has 2 atom stereocenters. The minimum atomic E-state index is -0.632. The van der Waals surface area contributed by atoms with Crippen LogP contribution in [0.3, 0.4) is 0 Å². The van der Waals surface area contributed by atoms with Crippen molar-refractivity contribution in [3.63, 3.8) is 0 Å². The number of fused-ring (bicyclic) bond motifs is 1. The number of aliphatic hydroxyl groups excluding tert-OH is 1. The first-order valence-corrected chi connectivity index (χ1v) is 12.6. The fourth-order valence-corrected chi connectivity index (χ4v) is 5.29. The highest BCUT2D eigenvalue weighted by atomic mass is 32.1. The zero-order valence-electron chi connectivity index (χ0n) is 20.2. The second-order valence-electron chi connectivity index (χ2n) is 8.80. The molecule has 1 aliphatic heterocycles. The first-order chi connectivity index (χ1) is 17.0. The van der Waals surface area contributed by atoms with Crippen molar-refractivity contribution in [2.45, 2.75) is 32.7 Å². The molecule has 2 aromatic heterocycles. The van der Waals surface area contributed by atoms with Crippen molar-refractivity contribution in [2.24, 2.45) is 0 Å². The summed E-state index contributed by atoms with van der Waals surface area (Å²) in [5.74, 6) is 2.31. The Morgan fingerprint density at radius 1 is 1.11 bits per heavy atom. The van der Waals surface area contributed by atoms with Crippen LogP contribution in [0.5, 0.6) is 11.5 Å². The molecule has 4 aromatic rings. The highest BCUT2D eigenvalue weighted by Crippen LogP contribution is 2.30. The molecular formula is C26H30N4O4S. The maximum absolute atomic E-state index is 10.5. The largest absolute Gasteiger partial charge is 0.496 e. The number of aryl methyl sites for hydroxylation is 1. The fraction of sp³-hybridized carbons (Fsp3) is 0.385. The summed E-state index contributed by atoms with van der Waals surface area (Å²) in [6, 6.07) is 15.7. The van der Waals surface area contributed by atoms with Gasteiger partial charge in [-0.1, -0.05) is 17.3 Å². The monoisotopic (exact) mass is 494 g/mol. The van der Waals surface area contributed by atoms with E-state index in [4.69, 9.17) is 14.0 Å². The van der Waals surface area contributed by atoms with Crippen LogP contribution in [0.1, 0.15) is 17.7 Å². The average Bonchev–Trinajstić information content (AvgIpc) is 3.48. The molecule has 0 amide bonds. The van der Waals surface area contributed by atoms with Gasteiger partial charge in [0.15, 0.2) is 12.0 Å². The Morgan fingerprint density at radius 3 is 2.69 bits per heavy atom. The number of benzene rings is 2. The SMILES string of the molecule is COc1ccccc1-c1cc(CN2CCN(C(Oc3ccc4sc(C)nc4c3)[C@@H](C)O)CC2)on1. The summed E-state index contributed by atoms with van der Waals surface area (Å²) in [7, 11) is 1.65. The summed E-state index contributed by atoms with van der Waals surface area (Å²) >= 11 is 1.67.